The summed E-state index contributed by atoms with van der Waals surface area (Å²) in [7, 11) is 0. The van der Waals surface area contributed by atoms with E-state index in [1.165, 1.54) is 11.8 Å². The molecule has 0 saturated carbocycles. The minimum atomic E-state index is -0.617. The highest BCUT2D eigenvalue weighted by atomic mass is 35.5. The van der Waals surface area contributed by atoms with Crippen molar-refractivity contribution in [1.29, 1.82) is 10.5 Å². The van der Waals surface area contributed by atoms with E-state index < -0.39 is 5.56 Å². The zero-order valence-corrected chi connectivity index (χ0v) is 14.9. The Morgan fingerprint density at radius 2 is 1.65 bits per heavy atom. The van der Waals surface area contributed by atoms with Crippen molar-refractivity contribution in [3.05, 3.63) is 75.0 Å². The van der Waals surface area contributed by atoms with Gasteiger partial charge in [0.25, 0.3) is 5.56 Å². The molecule has 126 valence electrons. The van der Waals surface area contributed by atoms with E-state index >= 15 is 0 Å². The van der Waals surface area contributed by atoms with Gasteiger partial charge in [-0.15, -0.1) is 0 Å². The highest BCUT2D eigenvalue weighted by Crippen LogP contribution is 2.35. The number of nitrogens with zero attached hydrogens (tertiary/aromatic N) is 2. The summed E-state index contributed by atoms with van der Waals surface area (Å²) < 4.78 is 0. The predicted molar refractivity (Wildman–Crippen MR) is 102 cm³/mol. The highest BCUT2D eigenvalue weighted by Gasteiger charge is 2.18. The van der Waals surface area contributed by atoms with E-state index in [0.717, 1.165) is 9.79 Å². The van der Waals surface area contributed by atoms with Gasteiger partial charge in [0.15, 0.2) is 0 Å². The number of anilines is 1. The van der Waals surface area contributed by atoms with Crippen molar-refractivity contribution in [3.63, 3.8) is 0 Å². The van der Waals surface area contributed by atoms with Gasteiger partial charge < -0.3 is 10.7 Å². The summed E-state index contributed by atoms with van der Waals surface area (Å²) in [5, 5.41) is 19.3. The summed E-state index contributed by atoms with van der Waals surface area (Å²) in [6, 6.07) is 18.5. The third kappa shape index (κ3) is 3.29. The Bertz CT molecular complexity index is 1120. The molecule has 1 aromatic heterocycles. The van der Waals surface area contributed by atoms with Crippen molar-refractivity contribution >= 4 is 29.2 Å². The summed E-state index contributed by atoms with van der Waals surface area (Å²) in [6.45, 7) is 0. The lowest BCUT2D eigenvalue weighted by Gasteiger charge is -2.10. The van der Waals surface area contributed by atoms with Gasteiger partial charge in [-0.1, -0.05) is 47.6 Å². The Labute approximate surface area is 158 Å². The molecule has 0 saturated heterocycles. The molecule has 3 aromatic rings. The maximum atomic E-state index is 12.0. The fourth-order valence-corrected chi connectivity index (χ4v) is 3.57. The van der Waals surface area contributed by atoms with Crippen LogP contribution in [0.15, 0.2) is 63.1 Å². The molecule has 3 rings (SSSR count). The van der Waals surface area contributed by atoms with Gasteiger partial charge in [0.05, 0.1) is 5.02 Å². The standard InChI is InChI=1S/C19H11ClN4OS/c20-15-3-1-2-4-16(15)26-12-7-5-11(6-8-12)17-13(9-21)18(23)24-19(25)14(17)10-22/h1-8H,(H3,23,24,25). The largest absolute Gasteiger partial charge is 0.384 e. The summed E-state index contributed by atoms with van der Waals surface area (Å²) in [6.07, 6.45) is 0. The zero-order chi connectivity index (χ0) is 18.7. The van der Waals surface area contributed by atoms with E-state index in [2.05, 4.69) is 4.98 Å². The van der Waals surface area contributed by atoms with Crippen molar-refractivity contribution in [2.75, 3.05) is 5.73 Å². The van der Waals surface area contributed by atoms with E-state index in [1.807, 2.05) is 48.5 Å². The van der Waals surface area contributed by atoms with Crippen LogP contribution in [0, 0.1) is 22.7 Å². The number of pyridine rings is 1. The molecule has 7 heteroatoms. The first kappa shape index (κ1) is 17.6. The van der Waals surface area contributed by atoms with Crippen LogP contribution in [0.25, 0.3) is 11.1 Å². The molecule has 0 spiro atoms. The average molecular weight is 379 g/mol. The molecule has 0 amide bonds. The maximum Gasteiger partial charge on any atom is 0.268 e. The molecule has 26 heavy (non-hydrogen) atoms. The van der Waals surface area contributed by atoms with Gasteiger partial charge >= 0.3 is 0 Å². The molecule has 0 aliphatic carbocycles. The van der Waals surface area contributed by atoms with Crippen molar-refractivity contribution in [2.45, 2.75) is 9.79 Å². The molecule has 0 radical (unpaired) electrons. The Balaban J connectivity index is 2.05. The second-order valence-electron chi connectivity index (χ2n) is 5.27. The molecule has 0 unspecified atom stereocenters. The van der Waals surface area contributed by atoms with E-state index in [0.29, 0.717) is 10.6 Å². The maximum absolute atomic E-state index is 12.0. The summed E-state index contributed by atoms with van der Waals surface area (Å²) >= 11 is 7.66. The number of benzene rings is 2. The van der Waals surface area contributed by atoms with Crippen LogP contribution in [0.3, 0.4) is 0 Å². The van der Waals surface area contributed by atoms with Crippen molar-refractivity contribution < 1.29 is 0 Å². The highest BCUT2D eigenvalue weighted by molar-refractivity contribution is 7.99. The number of halogens is 1. The third-order valence-electron chi connectivity index (χ3n) is 3.68. The Kier molecular flexibility index (Phi) is 4.99. The lowest BCUT2D eigenvalue weighted by molar-refractivity contribution is 1.21. The molecule has 2 aromatic carbocycles. The first-order valence-electron chi connectivity index (χ1n) is 7.44. The molecule has 5 nitrogen and oxygen atoms in total. The molecule has 1 heterocycles. The monoisotopic (exact) mass is 378 g/mol. The molecule has 0 aliphatic rings. The first-order chi connectivity index (χ1) is 12.5. The number of hydrogen-bond acceptors (Lipinski definition) is 5. The molecule has 3 N–H and O–H groups in total. The van der Waals surface area contributed by atoms with Crippen LogP contribution in [-0.4, -0.2) is 4.98 Å². The number of aromatic amines is 1. The number of aromatic nitrogens is 1. The van der Waals surface area contributed by atoms with Gasteiger partial charge in [0.1, 0.15) is 29.1 Å². The number of nitrogens with one attached hydrogen (secondary N) is 1. The van der Waals surface area contributed by atoms with Crippen LogP contribution in [-0.2, 0) is 0 Å². The predicted octanol–water partition coefficient (Wildman–Crippen LogP) is 4.17. The van der Waals surface area contributed by atoms with E-state index in [4.69, 9.17) is 17.3 Å². The molecular formula is C19H11ClN4OS. The minimum Gasteiger partial charge on any atom is -0.384 e. The Hall–Kier alpha value is -3.19. The average Bonchev–Trinajstić information content (AvgIpc) is 2.64. The van der Waals surface area contributed by atoms with Gasteiger partial charge in [0, 0.05) is 15.4 Å². The summed E-state index contributed by atoms with van der Waals surface area (Å²) in [5.41, 5.74) is 5.87. The molecule has 0 fully saturated rings. The van der Waals surface area contributed by atoms with E-state index in [9.17, 15) is 15.3 Å². The SMILES string of the molecule is N#Cc1c(N)[nH]c(=O)c(C#N)c1-c1ccc(Sc2ccccc2Cl)cc1. The third-order valence-corrected chi connectivity index (χ3v) is 5.20. The van der Waals surface area contributed by atoms with Crippen LogP contribution >= 0.6 is 23.4 Å². The minimum absolute atomic E-state index is 0.0546. The zero-order valence-electron chi connectivity index (χ0n) is 13.3. The smallest absolute Gasteiger partial charge is 0.268 e. The molecule has 0 bridgehead atoms. The lowest BCUT2D eigenvalue weighted by atomic mass is 9.97. The number of nitrogens with two attached hydrogens (primary N) is 1. The molecular weight excluding hydrogens is 368 g/mol. The van der Waals surface area contributed by atoms with Crippen LogP contribution in [0.1, 0.15) is 11.1 Å². The van der Waals surface area contributed by atoms with Crippen molar-refractivity contribution in [3.8, 4) is 23.3 Å². The fourth-order valence-electron chi connectivity index (χ4n) is 2.48. The van der Waals surface area contributed by atoms with Gasteiger partial charge in [0.2, 0.25) is 0 Å². The summed E-state index contributed by atoms with van der Waals surface area (Å²) in [4.78, 5) is 16.2. The first-order valence-corrected chi connectivity index (χ1v) is 8.63. The van der Waals surface area contributed by atoms with Gasteiger partial charge in [-0.05, 0) is 29.8 Å². The fraction of sp³-hybridized carbons (Fsp3) is 0. The number of nitriles is 2. The second-order valence-corrected chi connectivity index (χ2v) is 6.80. The van der Waals surface area contributed by atoms with Gasteiger partial charge in [-0.3, -0.25) is 4.79 Å². The second kappa shape index (κ2) is 7.37. The quantitative estimate of drug-likeness (QED) is 0.711. The number of nitrogen functional groups attached to an aromatic ring is 1. The van der Waals surface area contributed by atoms with E-state index in [-0.39, 0.29) is 22.5 Å². The topological polar surface area (TPSA) is 106 Å². The molecule has 0 aliphatic heterocycles. The van der Waals surface area contributed by atoms with Crippen LogP contribution < -0.4 is 11.3 Å². The van der Waals surface area contributed by atoms with Crippen LogP contribution in [0.5, 0.6) is 0 Å². The van der Waals surface area contributed by atoms with Gasteiger partial charge in [-0.2, -0.15) is 10.5 Å². The van der Waals surface area contributed by atoms with Crippen molar-refractivity contribution in [2.24, 2.45) is 0 Å². The van der Waals surface area contributed by atoms with Crippen LogP contribution in [0.4, 0.5) is 5.82 Å². The number of rotatable bonds is 3. The number of H-pyrrole nitrogens is 1. The Morgan fingerprint density at radius 3 is 2.27 bits per heavy atom. The Morgan fingerprint density at radius 1 is 1.00 bits per heavy atom. The molecule has 0 atom stereocenters. The summed E-state index contributed by atoms with van der Waals surface area (Å²) in [5.74, 6) is -0.0546. The van der Waals surface area contributed by atoms with Crippen molar-refractivity contribution in [1.82, 2.24) is 4.98 Å². The lowest BCUT2D eigenvalue weighted by Crippen LogP contribution is -2.16. The van der Waals surface area contributed by atoms with Crippen LogP contribution in [0.2, 0.25) is 5.02 Å². The van der Waals surface area contributed by atoms with Gasteiger partial charge in [-0.25, -0.2) is 0 Å². The van der Waals surface area contributed by atoms with E-state index in [1.54, 1.807) is 12.1 Å². The normalized spacial score (nSPS) is 10.1. The number of hydrogen-bond donors (Lipinski definition) is 2.